The summed E-state index contributed by atoms with van der Waals surface area (Å²) < 4.78 is 11.1. The Kier molecular flexibility index (Phi) is 4.49. The van der Waals surface area contributed by atoms with Crippen LogP contribution in [0.5, 0.6) is 5.75 Å². The summed E-state index contributed by atoms with van der Waals surface area (Å²) in [7, 11) is 3.46. The van der Waals surface area contributed by atoms with E-state index in [-0.39, 0.29) is 0 Å². The highest BCUT2D eigenvalue weighted by Crippen LogP contribution is 2.38. The van der Waals surface area contributed by atoms with E-state index in [9.17, 15) is 0 Å². The van der Waals surface area contributed by atoms with Crippen molar-refractivity contribution in [2.75, 3.05) is 14.2 Å². The van der Waals surface area contributed by atoms with Crippen LogP contribution in [0.15, 0.2) is 78.6 Å². The number of benzene rings is 3. The highest BCUT2D eigenvalue weighted by molar-refractivity contribution is 5.94. The minimum atomic E-state index is 0.906. The van der Waals surface area contributed by atoms with Crippen molar-refractivity contribution in [1.29, 1.82) is 0 Å². The lowest BCUT2D eigenvalue weighted by molar-refractivity contribution is 0.304. The van der Waals surface area contributed by atoms with Gasteiger partial charge in [-0.3, -0.25) is 0 Å². The maximum Gasteiger partial charge on any atom is 0.127 e. The Morgan fingerprint density at radius 2 is 1.58 bits per heavy atom. The van der Waals surface area contributed by atoms with Gasteiger partial charge in [-0.2, -0.15) is 0 Å². The van der Waals surface area contributed by atoms with Gasteiger partial charge in [-0.1, -0.05) is 48.5 Å². The van der Waals surface area contributed by atoms with Crippen molar-refractivity contribution in [2.24, 2.45) is 0 Å². The van der Waals surface area contributed by atoms with Crippen LogP contribution in [0.4, 0.5) is 0 Å². The Morgan fingerprint density at radius 3 is 2.38 bits per heavy atom. The number of allylic oxidation sites excluding steroid dienone is 3. The molecule has 0 unspecified atom stereocenters. The molecule has 0 radical (unpaired) electrons. The van der Waals surface area contributed by atoms with Gasteiger partial charge in [0.05, 0.1) is 14.2 Å². The normalized spacial score (nSPS) is 13.9. The second-order valence-electron chi connectivity index (χ2n) is 6.46. The Morgan fingerprint density at radius 1 is 0.808 bits per heavy atom. The predicted octanol–water partition coefficient (Wildman–Crippen LogP) is 6.22. The van der Waals surface area contributed by atoms with Crippen LogP contribution in [0, 0.1) is 0 Å². The maximum absolute atomic E-state index is 5.67. The molecule has 130 valence electrons. The van der Waals surface area contributed by atoms with Crippen molar-refractivity contribution >= 4 is 16.3 Å². The SMILES string of the molecule is COC1=CCCC(c2ccccc2-c2cc(OC)c3ccccc3c2)=C1. The summed E-state index contributed by atoms with van der Waals surface area (Å²) in [4.78, 5) is 0. The van der Waals surface area contributed by atoms with Crippen molar-refractivity contribution in [3.8, 4) is 16.9 Å². The molecule has 3 aromatic carbocycles. The molecule has 0 bridgehead atoms. The Labute approximate surface area is 154 Å². The first-order chi connectivity index (χ1) is 12.8. The number of hydrogen-bond acceptors (Lipinski definition) is 2. The molecule has 26 heavy (non-hydrogen) atoms. The number of rotatable bonds is 4. The average Bonchev–Trinajstić information content (AvgIpc) is 2.73. The number of methoxy groups -OCH3 is 2. The molecule has 0 saturated heterocycles. The molecule has 0 aliphatic heterocycles. The van der Waals surface area contributed by atoms with Crippen LogP contribution in [-0.2, 0) is 4.74 Å². The molecule has 0 amide bonds. The fraction of sp³-hybridized carbons (Fsp3) is 0.167. The van der Waals surface area contributed by atoms with Gasteiger partial charge in [0.25, 0.3) is 0 Å². The number of hydrogen-bond donors (Lipinski definition) is 0. The zero-order chi connectivity index (χ0) is 17.9. The monoisotopic (exact) mass is 342 g/mol. The Hall–Kier alpha value is -3.00. The van der Waals surface area contributed by atoms with Crippen molar-refractivity contribution in [3.63, 3.8) is 0 Å². The molecule has 0 fully saturated rings. The van der Waals surface area contributed by atoms with Gasteiger partial charge in [-0.15, -0.1) is 0 Å². The zero-order valence-electron chi connectivity index (χ0n) is 15.2. The third-order valence-corrected chi connectivity index (χ3v) is 4.94. The van der Waals surface area contributed by atoms with Gasteiger partial charge < -0.3 is 9.47 Å². The summed E-state index contributed by atoms with van der Waals surface area (Å²) in [6, 6.07) is 21.3. The topological polar surface area (TPSA) is 18.5 Å². The molecule has 0 N–H and O–H groups in total. The van der Waals surface area contributed by atoms with Gasteiger partial charge in [-0.25, -0.2) is 0 Å². The minimum Gasteiger partial charge on any atom is -0.497 e. The first-order valence-corrected chi connectivity index (χ1v) is 8.91. The summed E-state index contributed by atoms with van der Waals surface area (Å²) in [6.45, 7) is 0. The molecule has 1 aliphatic carbocycles. The summed E-state index contributed by atoms with van der Waals surface area (Å²) in [5.41, 5.74) is 4.96. The maximum atomic E-state index is 5.67. The summed E-state index contributed by atoms with van der Waals surface area (Å²) in [6.07, 6.45) is 6.32. The number of ether oxygens (including phenoxy) is 2. The zero-order valence-corrected chi connectivity index (χ0v) is 15.2. The predicted molar refractivity (Wildman–Crippen MR) is 108 cm³/mol. The van der Waals surface area contributed by atoms with Gasteiger partial charge in [-0.05, 0) is 64.8 Å². The highest BCUT2D eigenvalue weighted by Gasteiger charge is 2.14. The van der Waals surface area contributed by atoms with Crippen molar-refractivity contribution in [3.05, 3.63) is 84.1 Å². The lowest BCUT2D eigenvalue weighted by atomic mass is 9.89. The van der Waals surface area contributed by atoms with E-state index in [1.807, 2.05) is 6.07 Å². The van der Waals surface area contributed by atoms with Gasteiger partial charge in [0, 0.05) is 5.39 Å². The number of fused-ring (bicyclic) bond motifs is 1. The van der Waals surface area contributed by atoms with Gasteiger partial charge in [0.2, 0.25) is 0 Å². The Bertz CT molecular complexity index is 1010. The third-order valence-electron chi connectivity index (χ3n) is 4.94. The third kappa shape index (κ3) is 2.99. The lowest BCUT2D eigenvalue weighted by Gasteiger charge is -2.18. The Balaban J connectivity index is 1.89. The van der Waals surface area contributed by atoms with Crippen LogP contribution in [0.2, 0.25) is 0 Å². The van der Waals surface area contributed by atoms with Crippen LogP contribution in [-0.4, -0.2) is 14.2 Å². The molecule has 2 nitrogen and oxygen atoms in total. The molecule has 1 aliphatic rings. The van der Waals surface area contributed by atoms with Gasteiger partial charge in [0.15, 0.2) is 0 Å². The second-order valence-corrected chi connectivity index (χ2v) is 6.46. The van der Waals surface area contributed by atoms with Crippen molar-refractivity contribution in [1.82, 2.24) is 0 Å². The molecule has 0 atom stereocenters. The molecule has 2 heteroatoms. The van der Waals surface area contributed by atoms with Crippen LogP contribution in [0.3, 0.4) is 0 Å². The van der Waals surface area contributed by atoms with Crippen LogP contribution in [0.1, 0.15) is 18.4 Å². The van der Waals surface area contributed by atoms with E-state index in [1.54, 1.807) is 14.2 Å². The van der Waals surface area contributed by atoms with Gasteiger partial charge >= 0.3 is 0 Å². The van der Waals surface area contributed by atoms with E-state index in [0.29, 0.717) is 0 Å². The molecule has 0 heterocycles. The molecular weight excluding hydrogens is 320 g/mol. The smallest absolute Gasteiger partial charge is 0.127 e. The molecule has 0 saturated carbocycles. The fourth-order valence-corrected chi connectivity index (χ4v) is 3.64. The van der Waals surface area contributed by atoms with E-state index in [2.05, 4.69) is 66.7 Å². The standard InChI is InChI=1S/C24H22O2/c1-25-20-10-7-9-18(15-20)21-11-5-6-12-22(21)19-14-17-8-3-4-13-23(17)24(16-19)26-2/h3-6,8,10-16H,7,9H2,1-2H3. The molecule has 0 spiro atoms. The molecule has 3 aromatic rings. The summed E-state index contributed by atoms with van der Waals surface area (Å²) in [5.74, 6) is 1.85. The van der Waals surface area contributed by atoms with E-state index in [0.717, 1.165) is 29.7 Å². The first-order valence-electron chi connectivity index (χ1n) is 8.91. The van der Waals surface area contributed by atoms with E-state index < -0.39 is 0 Å². The van der Waals surface area contributed by atoms with Crippen LogP contribution in [0.25, 0.3) is 27.5 Å². The van der Waals surface area contributed by atoms with E-state index in [1.165, 1.54) is 27.6 Å². The van der Waals surface area contributed by atoms with Gasteiger partial charge in [0.1, 0.15) is 11.5 Å². The van der Waals surface area contributed by atoms with Crippen LogP contribution < -0.4 is 4.74 Å². The summed E-state index contributed by atoms with van der Waals surface area (Å²) >= 11 is 0. The van der Waals surface area contributed by atoms with E-state index in [4.69, 9.17) is 9.47 Å². The summed E-state index contributed by atoms with van der Waals surface area (Å²) in [5, 5.41) is 2.32. The molecule has 4 rings (SSSR count). The average molecular weight is 342 g/mol. The quantitative estimate of drug-likeness (QED) is 0.560. The highest BCUT2D eigenvalue weighted by atomic mass is 16.5. The van der Waals surface area contributed by atoms with Crippen molar-refractivity contribution < 1.29 is 9.47 Å². The molecular formula is C24H22O2. The largest absolute Gasteiger partial charge is 0.497 e. The van der Waals surface area contributed by atoms with E-state index >= 15 is 0 Å². The second kappa shape index (κ2) is 7.09. The van der Waals surface area contributed by atoms with Crippen molar-refractivity contribution in [2.45, 2.75) is 12.8 Å². The minimum absolute atomic E-state index is 0.906. The van der Waals surface area contributed by atoms with Crippen LogP contribution >= 0.6 is 0 Å². The fourth-order valence-electron chi connectivity index (χ4n) is 3.64. The first kappa shape index (κ1) is 16.5. The lowest BCUT2D eigenvalue weighted by Crippen LogP contribution is -1.97. The molecule has 0 aromatic heterocycles.